The van der Waals surface area contributed by atoms with E-state index in [-0.39, 0.29) is 103 Å². The van der Waals surface area contributed by atoms with Crippen LogP contribution in [0.3, 0.4) is 0 Å². The number of hydrogen-bond donors (Lipinski definition) is 0. The standard InChI is InChI=1S/C5H6O4.2K/c6-4(7)2-1-3-5(8)9;;/h1-2H,3H2,(H,6,7)(H,8,9);;/q;2*+1/p-2/b2-1+;;. The normalized spacial score (nSPS) is 8.00. The molecule has 0 aromatic rings. The van der Waals surface area contributed by atoms with Crippen LogP contribution in [-0.2, 0) is 9.59 Å². The third-order valence-corrected chi connectivity index (χ3v) is 0.538. The first-order valence-electron chi connectivity index (χ1n) is 2.20. The van der Waals surface area contributed by atoms with Crippen molar-refractivity contribution in [3.8, 4) is 0 Å². The summed E-state index contributed by atoms with van der Waals surface area (Å²) in [6.07, 6.45) is 1.20. The molecular formula is C5H4K2O4. The molecule has 0 N–H and O–H groups in total. The molecule has 11 heavy (non-hydrogen) atoms. The van der Waals surface area contributed by atoms with Crippen LogP contribution in [-0.4, -0.2) is 11.9 Å². The monoisotopic (exact) mass is 206 g/mol. The molecule has 0 saturated heterocycles. The summed E-state index contributed by atoms with van der Waals surface area (Å²) in [4.78, 5) is 19.2. The van der Waals surface area contributed by atoms with Crippen LogP contribution >= 0.6 is 0 Å². The van der Waals surface area contributed by atoms with Gasteiger partial charge < -0.3 is 19.8 Å². The molecular weight excluding hydrogens is 202 g/mol. The maximum Gasteiger partial charge on any atom is 1.00 e. The molecule has 50 valence electrons. The molecule has 4 nitrogen and oxygen atoms in total. The van der Waals surface area contributed by atoms with Crippen molar-refractivity contribution < 1.29 is 123 Å². The molecule has 0 spiro atoms. The van der Waals surface area contributed by atoms with E-state index in [1.807, 2.05) is 0 Å². The zero-order valence-corrected chi connectivity index (χ0v) is 12.7. The molecule has 0 saturated carbocycles. The van der Waals surface area contributed by atoms with Gasteiger partial charge in [-0.1, -0.05) is 6.08 Å². The van der Waals surface area contributed by atoms with Crippen LogP contribution in [0.15, 0.2) is 12.2 Å². The second kappa shape index (κ2) is 12.0. The summed E-state index contributed by atoms with van der Waals surface area (Å²) >= 11 is 0. The van der Waals surface area contributed by atoms with Gasteiger partial charge in [-0.05, 0) is 6.08 Å². The number of aliphatic carboxylic acids is 2. The van der Waals surface area contributed by atoms with Crippen molar-refractivity contribution in [1.82, 2.24) is 0 Å². The Morgan fingerprint density at radius 2 is 1.64 bits per heavy atom. The van der Waals surface area contributed by atoms with Gasteiger partial charge in [0.15, 0.2) is 0 Å². The summed E-state index contributed by atoms with van der Waals surface area (Å²) in [6.45, 7) is 0. The van der Waals surface area contributed by atoms with Crippen molar-refractivity contribution in [2.24, 2.45) is 0 Å². The maximum atomic E-state index is 9.61. The average molecular weight is 206 g/mol. The van der Waals surface area contributed by atoms with E-state index in [1.165, 1.54) is 0 Å². The molecule has 0 aliphatic carbocycles. The van der Waals surface area contributed by atoms with Gasteiger partial charge in [-0.25, -0.2) is 0 Å². The molecule has 0 aromatic carbocycles. The first kappa shape index (κ1) is 18.7. The molecule has 0 aliphatic rings. The molecule has 0 rings (SSSR count). The fourth-order valence-corrected chi connectivity index (χ4v) is 0.251. The van der Waals surface area contributed by atoms with Gasteiger partial charge in [0.25, 0.3) is 0 Å². The number of carboxylic acids is 2. The van der Waals surface area contributed by atoms with Crippen LogP contribution in [0.4, 0.5) is 0 Å². The minimum atomic E-state index is -1.41. The Kier molecular flexibility index (Phi) is 20.3. The van der Waals surface area contributed by atoms with Gasteiger partial charge in [-0.15, -0.1) is 0 Å². The van der Waals surface area contributed by atoms with E-state index in [9.17, 15) is 19.8 Å². The Morgan fingerprint density at radius 3 is 1.91 bits per heavy atom. The van der Waals surface area contributed by atoms with Gasteiger partial charge in [0.2, 0.25) is 0 Å². The van der Waals surface area contributed by atoms with Crippen molar-refractivity contribution >= 4 is 11.9 Å². The number of carbonyl (C=O) groups excluding carboxylic acids is 2. The third kappa shape index (κ3) is 18.7. The molecule has 0 heterocycles. The molecule has 0 fully saturated rings. The largest absolute Gasteiger partial charge is 1.00 e. The molecule has 6 heteroatoms. The van der Waals surface area contributed by atoms with E-state index in [4.69, 9.17) is 0 Å². The summed E-state index contributed by atoms with van der Waals surface area (Å²) in [5.74, 6) is -2.72. The zero-order chi connectivity index (χ0) is 7.28. The first-order chi connectivity index (χ1) is 4.13. The maximum absolute atomic E-state index is 9.61. The average Bonchev–Trinajstić information content (AvgIpc) is 1.63. The van der Waals surface area contributed by atoms with Crippen LogP contribution in [0.1, 0.15) is 6.42 Å². The quantitative estimate of drug-likeness (QED) is 0.339. The fraction of sp³-hybridized carbons (Fsp3) is 0.200. The topological polar surface area (TPSA) is 80.3 Å². The molecule has 0 bridgehead atoms. The van der Waals surface area contributed by atoms with Crippen molar-refractivity contribution in [3.05, 3.63) is 12.2 Å². The summed E-state index contributed by atoms with van der Waals surface area (Å²) in [7, 11) is 0. The van der Waals surface area contributed by atoms with Crippen molar-refractivity contribution in [2.75, 3.05) is 0 Å². The van der Waals surface area contributed by atoms with Gasteiger partial charge in [0.05, 0.1) is 5.97 Å². The van der Waals surface area contributed by atoms with Crippen LogP contribution < -0.4 is 113 Å². The van der Waals surface area contributed by atoms with Crippen LogP contribution in [0.5, 0.6) is 0 Å². The van der Waals surface area contributed by atoms with Crippen molar-refractivity contribution in [3.63, 3.8) is 0 Å². The zero-order valence-electron chi connectivity index (χ0n) is 6.49. The van der Waals surface area contributed by atoms with Crippen LogP contribution in [0.25, 0.3) is 0 Å². The number of carbonyl (C=O) groups is 2. The summed E-state index contributed by atoms with van der Waals surface area (Å²) in [6, 6.07) is 0. The van der Waals surface area contributed by atoms with Crippen molar-refractivity contribution in [2.45, 2.75) is 6.42 Å². The van der Waals surface area contributed by atoms with Crippen LogP contribution in [0.2, 0.25) is 0 Å². The summed E-state index contributed by atoms with van der Waals surface area (Å²) in [5, 5.41) is 19.2. The Morgan fingerprint density at radius 1 is 1.18 bits per heavy atom. The second-order valence-corrected chi connectivity index (χ2v) is 1.30. The predicted octanol–water partition coefficient (Wildman–Crippen LogP) is -8.56. The molecule has 0 radical (unpaired) electrons. The molecule has 0 aliphatic heterocycles. The Labute approximate surface area is 149 Å². The van der Waals surface area contributed by atoms with Gasteiger partial charge >= 0.3 is 103 Å². The van der Waals surface area contributed by atoms with Crippen molar-refractivity contribution in [1.29, 1.82) is 0 Å². The van der Waals surface area contributed by atoms with E-state index >= 15 is 0 Å². The van der Waals surface area contributed by atoms with E-state index < -0.39 is 18.4 Å². The van der Waals surface area contributed by atoms with Gasteiger partial charge in [-0.3, -0.25) is 0 Å². The molecule has 0 atom stereocenters. The fourth-order valence-electron chi connectivity index (χ4n) is 0.251. The van der Waals surface area contributed by atoms with Gasteiger partial charge in [-0.2, -0.15) is 0 Å². The number of rotatable bonds is 3. The first-order valence-corrected chi connectivity index (χ1v) is 2.20. The minimum absolute atomic E-state index is 0. The predicted molar refractivity (Wildman–Crippen MR) is 23.8 cm³/mol. The second-order valence-electron chi connectivity index (χ2n) is 1.30. The summed E-state index contributed by atoms with van der Waals surface area (Å²) < 4.78 is 0. The van der Waals surface area contributed by atoms with Crippen LogP contribution in [0, 0.1) is 0 Å². The van der Waals surface area contributed by atoms with E-state index in [2.05, 4.69) is 0 Å². The Bertz CT molecular complexity index is 155. The smallest absolute Gasteiger partial charge is 0.550 e. The Balaban J connectivity index is -0.000000320. The van der Waals surface area contributed by atoms with E-state index in [0.29, 0.717) is 6.08 Å². The molecule has 0 aromatic heterocycles. The van der Waals surface area contributed by atoms with Gasteiger partial charge in [0.1, 0.15) is 0 Å². The number of carboxylic acid groups (broad SMARTS) is 2. The Hall–Kier alpha value is 1.95. The molecule has 0 unspecified atom stereocenters. The van der Waals surface area contributed by atoms with E-state index in [1.54, 1.807) is 0 Å². The SMILES string of the molecule is O=C([O-])/C=C/CC(=O)[O-].[K+].[K+]. The van der Waals surface area contributed by atoms with Gasteiger partial charge in [0, 0.05) is 12.4 Å². The third-order valence-electron chi connectivity index (χ3n) is 0.538. The molecule has 0 amide bonds. The number of hydrogen-bond acceptors (Lipinski definition) is 4. The summed E-state index contributed by atoms with van der Waals surface area (Å²) in [5.41, 5.74) is 0. The van der Waals surface area contributed by atoms with E-state index in [0.717, 1.165) is 6.08 Å². The minimum Gasteiger partial charge on any atom is -0.550 e.